The number of halogens is 5. The van der Waals surface area contributed by atoms with Crippen LogP contribution in [0.2, 0.25) is 5.02 Å². The van der Waals surface area contributed by atoms with Gasteiger partial charge in [0, 0.05) is 40.9 Å². The molecule has 29 heavy (non-hydrogen) atoms. The summed E-state index contributed by atoms with van der Waals surface area (Å²) in [5.41, 5.74) is -0.353. The Bertz CT molecular complexity index is 1060. The first kappa shape index (κ1) is 20.9. The van der Waals surface area contributed by atoms with E-state index in [9.17, 15) is 22.4 Å². The number of nitrogens with zero attached hydrogens (tertiary/aromatic N) is 1. The lowest BCUT2D eigenvalue weighted by molar-refractivity contribution is 0.0943. The third-order valence-electron chi connectivity index (χ3n) is 4.37. The number of carbonyl (C=O) groups is 1. The molecule has 0 saturated carbocycles. The van der Waals surface area contributed by atoms with Crippen LogP contribution in [0.3, 0.4) is 0 Å². The Morgan fingerprint density at radius 2 is 1.79 bits per heavy atom. The molecule has 2 aromatic carbocycles. The highest BCUT2D eigenvalue weighted by Crippen LogP contribution is 2.25. The van der Waals surface area contributed by atoms with Crippen LogP contribution in [0.1, 0.15) is 22.3 Å². The summed E-state index contributed by atoms with van der Waals surface area (Å²) in [5.74, 6) is -7.93. The Morgan fingerprint density at radius 1 is 1.03 bits per heavy atom. The van der Waals surface area contributed by atoms with Crippen molar-refractivity contribution in [3.05, 3.63) is 69.9 Å². The van der Waals surface area contributed by atoms with Gasteiger partial charge < -0.3 is 10.6 Å². The van der Waals surface area contributed by atoms with E-state index < -0.39 is 40.3 Å². The van der Waals surface area contributed by atoms with Crippen LogP contribution in [-0.2, 0) is 0 Å². The molecule has 0 radical (unpaired) electrons. The second-order valence-corrected chi connectivity index (χ2v) is 6.75. The van der Waals surface area contributed by atoms with Crippen molar-refractivity contribution in [2.45, 2.75) is 13.3 Å². The molecule has 0 fully saturated rings. The predicted molar refractivity (Wildman–Crippen MR) is 103 cm³/mol. The van der Waals surface area contributed by atoms with Crippen molar-refractivity contribution < 1.29 is 22.4 Å². The highest BCUT2D eigenvalue weighted by atomic mass is 35.5. The third kappa shape index (κ3) is 4.27. The number of aromatic nitrogens is 1. The van der Waals surface area contributed by atoms with Gasteiger partial charge in [0.1, 0.15) is 11.4 Å². The molecule has 1 amide bonds. The Kier molecular flexibility index (Phi) is 6.22. The maximum Gasteiger partial charge on any atom is 0.257 e. The fraction of sp³-hybridized carbons (Fsp3) is 0.200. The number of benzene rings is 2. The van der Waals surface area contributed by atoms with Crippen LogP contribution >= 0.6 is 11.6 Å². The number of carbonyl (C=O) groups excluding carboxylic acids is 1. The molecule has 0 unspecified atom stereocenters. The van der Waals surface area contributed by atoms with Crippen LogP contribution in [0.25, 0.3) is 10.9 Å². The van der Waals surface area contributed by atoms with Crippen molar-refractivity contribution in [2.24, 2.45) is 0 Å². The topological polar surface area (TPSA) is 54.0 Å². The normalized spacial score (nSPS) is 11.0. The molecule has 0 aliphatic heterocycles. The van der Waals surface area contributed by atoms with Gasteiger partial charge in [0.2, 0.25) is 0 Å². The molecule has 0 spiro atoms. The molecule has 0 bridgehead atoms. The Morgan fingerprint density at radius 3 is 2.55 bits per heavy atom. The summed E-state index contributed by atoms with van der Waals surface area (Å²) in [7, 11) is 0. The zero-order valence-electron chi connectivity index (χ0n) is 15.3. The molecule has 9 heteroatoms. The second kappa shape index (κ2) is 8.65. The molecule has 1 aromatic heterocycles. The molecule has 4 nitrogen and oxygen atoms in total. The number of hydrogen-bond acceptors (Lipinski definition) is 3. The molecule has 2 N–H and O–H groups in total. The average Bonchev–Trinajstić information content (AvgIpc) is 2.70. The van der Waals surface area contributed by atoms with E-state index in [2.05, 4.69) is 15.6 Å². The molecule has 3 rings (SSSR count). The summed E-state index contributed by atoms with van der Waals surface area (Å²) in [4.78, 5) is 16.3. The molecule has 0 aliphatic rings. The van der Waals surface area contributed by atoms with Gasteiger partial charge in [0.15, 0.2) is 17.5 Å². The van der Waals surface area contributed by atoms with Crippen molar-refractivity contribution >= 4 is 34.1 Å². The van der Waals surface area contributed by atoms with Crippen molar-refractivity contribution in [1.82, 2.24) is 10.3 Å². The van der Waals surface area contributed by atoms with E-state index in [0.717, 1.165) is 23.5 Å². The van der Waals surface area contributed by atoms with E-state index in [4.69, 9.17) is 11.6 Å². The van der Waals surface area contributed by atoms with Crippen molar-refractivity contribution in [2.75, 3.05) is 18.4 Å². The van der Waals surface area contributed by atoms with Crippen LogP contribution in [0, 0.1) is 30.2 Å². The van der Waals surface area contributed by atoms with E-state index in [1.54, 1.807) is 24.4 Å². The smallest absolute Gasteiger partial charge is 0.257 e. The Hall–Kier alpha value is -2.87. The summed E-state index contributed by atoms with van der Waals surface area (Å²) < 4.78 is 54.6. The number of amides is 1. The zero-order valence-corrected chi connectivity index (χ0v) is 16.0. The largest absolute Gasteiger partial charge is 0.384 e. The second-order valence-electron chi connectivity index (χ2n) is 6.31. The van der Waals surface area contributed by atoms with Gasteiger partial charge in [-0.2, -0.15) is 0 Å². The van der Waals surface area contributed by atoms with E-state index in [1.807, 2.05) is 6.07 Å². The quantitative estimate of drug-likeness (QED) is 0.253. The number of pyridine rings is 1. The zero-order chi connectivity index (χ0) is 21.1. The van der Waals surface area contributed by atoms with E-state index >= 15 is 0 Å². The van der Waals surface area contributed by atoms with Crippen LogP contribution in [0.4, 0.5) is 23.2 Å². The molecule has 152 valence electrons. The third-order valence-corrected chi connectivity index (χ3v) is 4.60. The first-order valence-corrected chi connectivity index (χ1v) is 9.08. The van der Waals surface area contributed by atoms with Gasteiger partial charge in [0.05, 0.1) is 5.52 Å². The van der Waals surface area contributed by atoms with Gasteiger partial charge in [-0.3, -0.25) is 9.78 Å². The predicted octanol–water partition coefficient (Wildman–Crippen LogP) is 4.99. The van der Waals surface area contributed by atoms with E-state index in [1.165, 1.54) is 0 Å². The number of fused-ring (bicyclic) bond motifs is 1. The maximum atomic E-state index is 14.0. The summed E-state index contributed by atoms with van der Waals surface area (Å²) in [6, 6.07) is 7.08. The number of rotatable bonds is 6. The van der Waals surface area contributed by atoms with Gasteiger partial charge in [-0.15, -0.1) is 0 Å². The van der Waals surface area contributed by atoms with Crippen LogP contribution < -0.4 is 10.6 Å². The standard InChI is InChI=1S/C20H16ClF4N3O/c1-10-16(22)15(18(24)19(25)17(10)23)20(29)28-7-2-6-26-13-5-8-27-14-9-11(21)3-4-12(13)14/h3-5,8-9H,2,6-7H2,1H3,(H,26,27)(H,28,29). The van der Waals surface area contributed by atoms with Crippen LogP contribution in [-0.4, -0.2) is 24.0 Å². The van der Waals surface area contributed by atoms with E-state index in [-0.39, 0.29) is 6.54 Å². The highest BCUT2D eigenvalue weighted by molar-refractivity contribution is 6.31. The number of anilines is 1. The van der Waals surface area contributed by atoms with Gasteiger partial charge in [-0.25, -0.2) is 17.6 Å². The average molecular weight is 426 g/mol. The minimum atomic E-state index is -1.87. The number of hydrogen-bond donors (Lipinski definition) is 2. The van der Waals surface area contributed by atoms with Crippen LogP contribution in [0.5, 0.6) is 0 Å². The monoisotopic (exact) mass is 425 g/mol. The Labute approximate surface area is 168 Å². The summed E-state index contributed by atoms with van der Waals surface area (Å²) in [6.45, 7) is 1.43. The summed E-state index contributed by atoms with van der Waals surface area (Å²) >= 11 is 5.95. The first-order valence-electron chi connectivity index (χ1n) is 8.70. The molecule has 0 saturated heterocycles. The van der Waals surface area contributed by atoms with Crippen LogP contribution in [0.15, 0.2) is 30.5 Å². The van der Waals surface area contributed by atoms with Crippen molar-refractivity contribution in [1.29, 1.82) is 0 Å². The van der Waals surface area contributed by atoms with Gasteiger partial charge in [-0.05, 0) is 37.6 Å². The Balaban J connectivity index is 1.59. The molecule has 0 aliphatic carbocycles. The fourth-order valence-corrected chi connectivity index (χ4v) is 2.99. The molecular weight excluding hydrogens is 410 g/mol. The minimum Gasteiger partial charge on any atom is -0.384 e. The summed E-state index contributed by atoms with van der Waals surface area (Å²) in [6.07, 6.45) is 2.04. The number of nitrogens with one attached hydrogen (secondary N) is 2. The summed E-state index contributed by atoms with van der Waals surface area (Å²) in [5, 5.41) is 6.91. The highest BCUT2D eigenvalue weighted by Gasteiger charge is 2.27. The lowest BCUT2D eigenvalue weighted by atomic mass is 10.1. The fourth-order valence-electron chi connectivity index (χ4n) is 2.83. The minimum absolute atomic E-state index is 0.0671. The molecule has 3 aromatic rings. The van der Waals surface area contributed by atoms with Gasteiger partial charge in [-0.1, -0.05) is 11.6 Å². The molecule has 0 atom stereocenters. The molecular formula is C20H16ClF4N3O. The SMILES string of the molecule is Cc1c(F)c(F)c(F)c(C(=O)NCCCNc2ccnc3cc(Cl)ccc23)c1F. The van der Waals surface area contributed by atoms with Crippen molar-refractivity contribution in [3.8, 4) is 0 Å². The molecule has 1 heterocycles. The van der Waals surface area contributed by atoms with Gasteiger partial charge in [0.25, 0.3) is 5.91 Å². The van der Waals surface area contributed by atoms with E-state index in [0.29, 0.717) is 18.0 Å². The van der Waals surface area contributed by atoms with Gasteiger partial charge >= 0.3 is 0 Å². The lowest BCUT2D eigenvalue weighted by Gasteiger charge is -2.12. The lowest BCUT2D eigenvalue weighted by Crippen LogP contribution is -2.28. The maximum absolute atomic E-state index is 14.0. The van der Waals surface area contributed by atoms with Crippen molar-refractivity contribution in [3.63, 3.8) is 0 Å². The first-order chi connectivity index (χ1) is 13.8.